The van der Waals surface area contributed by atoms with Gasteiger partial charge in [0.25, 0.3) is 0 Å². The number of ether oxygens (including phenoxy) is 1. The van der Waals surface area contributed by atoms with Gasteiger partial charge in [-0.3, -0.25) is 0 Å². The van der Waals surface area contributed by atoms with Crippen LogP contribution in [0.3, 0.4) is 0 Å². The minimum Gasteiger partial charge on any atom is -0.477 e. The molecule has 3 heterocycles. The normalized spacial score (nSPS) is 16.0. The van der Waals surface area contributed by atoms with Crippen LogP contribution in [0.25, 0.3) is 0 Å². The average molecular weight is 348 g/mol. The van der Waals surface area contributed by atoms with Crippen LogP contribution in [0.4, 0.5) is 5.82 Å². The van der Waals surface area contributed by atoms with Gasteiger partial charge in [-0.1, -0.05) is 6.07 Å². The maximum absolute atomic E-state index is 5.75. The third-order valence-corrected chi connectivity index (χ3v) is 4.22. The largest absolute Gasteiger partial charge is 0.477 e. The van der Waals surface area contributed by atoms with Crippen LogP contribution in [-0.2, 0) is 0 Å². The molecule has 1 fully saturated rings. The number of hydrogen-bond donors (Lipinski definition) is 0. The van der Waals surface area contributed by atoms with Gasteiger partial charge in [0.1, 0.15) is 5.82 Å². The molecule has 3 rings (SSSR count). The Labute approximate surface area is 133 Å². The van der Waals surface area contributed by atoms with E-state index in [-0.39, 0.29) is 0 Å². The van der Waals surface area contributed by atoms with Gasteiger partial charge in [0.2, 0.25) is 5.88 Å². The lowest BCUT2D eigenvalue weighted by molar-refractivity contribution is 0.216. The Morgan fingerprint density at radius 3 is 2.67 bits per heavy atom. The number of halogens is 1. The molecule has 0 radical (unpaired) electrons. The molecule has 0 saturated carbocycles. The molecule has 4 nitrogen and oxygen atoms in total. The van der Waals surface area contributed by atoms with Crippen molar-refractivity contribution in [3.8, 4) is 5.88 Å². The van der Waals surface area contributed by atoms with Gasteiger partial charge < -0.3 is 9.64 Å². The molecule has 0 aliphatic carbocycles. The van der Waals surface area contributed by atoms with Gasteiger partial charge in [0.15, 0.2) is 0 Å². The van der Waals surface area contributed by atoms with Crippen LogP contribution in [0.1, 0.15) is 12.8 Å². The third-order valence-electron chi connectivity index (χ3n) is 3.75. The van der Waals surface area contributed by atoms with Gasteiger partial charge in [0.05, 0.1) is 6.61 Å². The first-order valence-corrected chi connectivity index (χ1v) is 8.01. The highest BCUT2D eigenvalue weighted by molar-refractivity contribution is 9.10. The molecule has 1 aliphatic rings. The van der Waals surface area contributed by atoms with Gasteiger partial charge in [-0.15, -0.1) is 0 Å². The maximum atomic E-state index is 5.75. The second-order valence-corrected chi connectivity index (χ2v) is 6.16. The van der Waals surface area contributed by atoms with E-state index in [9.17, 15) is 0 Å². The number of nitrogens with zero attached hydrogens (tertiary/aromatic N) is 3. The molecule has 2 aromatic rings. The lowest BCUT2D eigenvalue weighted by Gasteiger charge is -2.32. The van der Waals surface area contributed by atoms with E-state index in [0.717, 1.165) is 48.7 Å². The van der Waals surface area contributed by atoms with Crippen molar-refractivity contribution >= 4 is 21.7 Å². The third kappa shape index (κ3) is 3.94. The summed E-state index contributed by atoms with van der Waals surface area (Å²) in [5, 5.41) is 0. The van der Waals surface area contributed by atoms with E-state index < -0.39 is 0 Å². The average Bonchev–Trinajstić information content (AvgIpc) is 2.55. The van der Waals surface area contributed by atoms with E-state index in [2.05, 4.69) is 36.9 Å². The first-order chi connectivity index (χ1) is 10.3. The van der Waals surface area contributed by atoms with Gasteiger partial charge in [0, 0.05) is 36.0 Å². The van der Waals surface area contributed by atoms with E-state index in [1.165, 1.54) is 0 Å². The van der Waals surface area contributed by atoms with E-state index in [4.69, 9.17) is 4.74 Å². The first kappa shape index (κ1) is 14.3. The molecule has 0 unspecified atom stereocenters. The zero-order chi connectivity index (χ0) is 14.5. The molecule has 0 N–H and O–H groups in total. The van der Waals surface area contributed by atoms with Crippen molar-refractivity contribution in [3.63, 3.8) is 0 Å². The number of aromatic nitrogens is 2. The highest BCUT2D eigenvalue weighted by atomic mass is 79.9. The highest BCUT2D eigenvalue weighted by Crippen LogP contribution is 2.23. The molecule has 1 aliphatic heterocycles. The minimum atomic E-state index is 0.596. The lowest BCUT2D eigenvalue weighted by atomic mass is 9.98. The van der Waals surface area contributed by atoms with Crippen molar-refractivity contribution in [1.29, 1.82) is 0 Å². The van der Waals surface area contributed by atoms with Crippen LogP contribution >= 0.6 is 15.9 Å². The number of anilines is 1. The molecule has 0 amide bonds. The topological polar surface area (TPSA) is 38.2 Å². The zero-order valence-electron chi connectivity index (χ0n) is 11.8. The van der Waals surface area contributed by atoms with E-state index in [1.807, 2.05) is 30.5 Å². The summed E-state index contributed by atoms with van der Waals surface area (Å²) in [6, 6.07) is 9.86. The van der Waals surface area contributed by atoms with Gasteiger partial charge in [-0.2, -0.15) is 0 Å². The summed E-state index contributed by atoms with van der Waals surface area (Å²) < 4.78 is 6.77. The fraction of sp³-hybridized carbons (Fsp3) is 0.375. The first-order valence-electron chi connectivity index (χ1n) is 7.21. The summed E-state index contributed by atoms with van der Waals surface area (Å²) in [5.74, 6) is 2.37. The smallest absolute Gasteiger partial charge is 0.213 e. The van der Waals surface area contributed by atoms with Gasteiger partial charge in [-0.25, -0.2) is 9.97 Å². The summed E-state index contributed by atoms with van der Waals surface area (Å²) in [6.07, 6.45) is 5.87. The number of pyridine rings is 2. The van der Waals surface area contributed by atoms with E-state index in [1.54, 1.807) is 6.20 Å². The molecule has 21 heavy (non-hydrogen) atoms. The molecular formula is C16H18BrN3O. The van der Waals surface area contributed by atoms with Gasteiger partial charge in [-0.05, 0) is 52.9 Å². The molecule has 110 valence electrons. The molecule has 0 spiro atoms. The van der Waals surface area contributed by atoms with Crippen molar-refractivity contribution in [2.75, 3.05) is 24.6 Å². The summed E-state index contributed by atoms with van der Waals surface area (Å²) in [7, 11) is 0. The number of hydrogen-bond acceptors (Lipinski definition) is 4. The van der Waals surface area contributed by atoms with E-state index >= 15 is 0 Å². The summed E-state index contributed by atoms with van der Waals surface area (Å²) in [4.78, 5) is 11.0. The molecule has 2 aromatic heterocycles. The Bertz CT molecular complexity index is 553. The quantitative estimate of drug-likeness (QED) is 0.847. The standard InChI is InChI=1S/C16H18BrN3O/c17-14-4-5-15(19-11-14)20-9-6-13(7-10-20)12-21-16-3-1-2-8-18-16/h1-5,8,11,13H,6-7,9-10,12H2. The Kier molecular flexibility index (Phi) is 4.70. The molecule has 0 atom stereocenters. The predicted molar refractivity (Wildman–Crippen MR) is 86.6 cm³/mol. The van der Waals surface area contributed by atoms with Gasteiger partial charge >= 0.3 is 0 Å². The van der Waals surface area contributed by atoms with Crippen LogP contribution in [0.5, 0.6) is 5.88 Å². The molecular weight excluding hydrogens is 330 g/mol. The summed E-state index contributed by atoms with van der Waals surface area (Å²) in [5.41, 5.74) is 0. The van der Waals surface area contributed by atoms with Crippen molar-refractivity contribution in [2.24, 2.45) is 5.92 Å². The predicted octanol–water partition coefficient (Wildman–Crippen LogP) is 3.53. The maximum Gasteiger partial charge on any atom is 0.213 e. The lowest BCUT2D eigenvalue weighted by Crippen LogP contribution is -2.36. The van der Waals surface area contributed by atoms with Crippen molar-refractivity contribution < 1.29 is 4.74 Å². The highest BCUT2D eigenvalue weighted by Gasteiger charge is 2.20. The van der Waals surface area contributed by atoms with Crippen molar-refractivity contribution in [1.82, 2.24) is 9.97 Å². The molecule has 0 aromatic carbocycles. The van der Waals surface area contributed by atoms with Crippen molar-refractivity contribution in [3.05, 3.63) is 47.2 Å². The molecule has 5 heteroatoms. The van der Waals surface area contributed by atoms with Crippen LogP contribution < -0.4 is 9.64 Å². The Morgan fingerprint density at radius 1 is 1.14 bits per heavy atom. The second-order valence-electron chi connectivity index (χ2n) is 5.24. The number of rotatable bonds is 4. The fourth-order valence-electron chi connectivity index (χ4n) is 2.52. The molecule has 0 bridgehead atoms. The van der Waals surface area contributed by atoms with E-state index in [0.29, 0.717) is 5.92 Å². The van der Waals surface area contributed by atoms with Crippen LogP contribution in [0, 0.1) is 5.92 Å². The minimum absolute atomic E-state index is 0.596. The zero-order valence-corrected chi connectivity index (χ0v) is 13.4. The van der Waals surface area contributed by atoms with Crippen LogP contribution in [-0.4, -0.2) is 29.7 Å². The summed E-state index contributed by atoms with van der Waals surface area (Å²) >= 11 is 3.42. The monoisotopic (exact) mass is 347 g/mol. The molecule has 1 saturated heterocycles. The summed E-state index contributed by atoms with van der Waals surface area (Å²) in [6.45, 7) is 2.81. The fourth-order valence-corrected chi connectivity index (χ4v) is 2.75. The number of piperidine rings is 1. The SMILES string of the molecule is Brc1ccc(N2CCC(COc3ccccn3)CC2)nc1. The van der Waals surface area contributed by atoms with Crippen LogP contribution in [0.2, 0.25) is 0 Å². The Balaban J connectivity index is 1.48. The second kappa shape index (κ2) is 6.89. The Hall–Kier alpha value is -1.62. The van der Waals surface area contributed by atoms with Crippen LogP contribution in [0.15, 0.2) is 47.2 Å². The van der Waals surface area contributed by atoms with Crippen molar-refractivity contribution in [2.45, 2.75) is 12.8 Å². The Morgan fingerprint density at radius 2 is 2.00 bits per heavy atom.